The summed E-state index contributed by atoms with van der Waals surface area (Å²) in [6, 6.07) is 43.3. The maximum Gasteiger partial charge on any atom is 3.00 e. The summed E-state index contributed by atoms with van der Waals surface area (Å²) in [5.74, 6) is 0. The van der Waals surface area contributed by atoms with E-state index in [0.29, 0.717) is 0 Å². The topological polar surface area (TPSA) is 0 Å². The molecule has 0 saturated heterocycles. The second kappa shape index (κ2) is 27.1. The molecule has 0 aliphatic heterocycles. The average Bonchev–Trinajstić information content (AvgIpc) is 2.88. The van der Waals surface area contributed by atoms with Crippen LogP contribution in [0.4, 0.5) is 0 Å². The van der Waals surface area contributed by atoms with Crippen LogP contribution in [0, 0.1) is 12.8 Å². The van der Waals surface area contributed by atoms with E-state index in [1.807, 2.05) is 0 Å². The Hall–Kier alpha value is -0.113. The van der Waals surface area contributed by atoms with Crippen molar-refractivity contribution in [2.45, 2.75) is 13.8 Å². The van der Waals surface area contributed by atoms with Crippen molar-refractivity contribution in [1.82, 2.24) is 0 Å². The van der Waals surface area contributed by atoms with Crippen molar-refractivity contribution in [3.63, 3.8) is 0 Å². The van der Waals surface area contributed by atoms with E-state index < -0.39 is 0 Å². The van der Waals surface area contributed by atoms with Crippen molar-refractivity contribution >= 4 is 37.1 Å². The molecule has 2 radical (unpaired) electrons. The summed E-state index contributed by atoms with van der Waals surface area (Å²) in [7, 11) is -0.413. The molecule has 8 heteroatoms. The molecule has 4 rings (SSSR count). The second-order valence-electron chi connectivity index (χ2n) is 7.38. The van der Waals surface area contributed by atoms with Gasteiger partial charge < -0.3 is 62.5 Å². The molecule has 0 saturated carbocycles. The largest absolute Gasteiger partial charge is 3.00 e. The van der Waals surface area contributed by atoms with Gasteiger partial charge in [0.2, 0.25) is 0 Å². The molecule has 0 heterocycles. The van der Waals surface area contributed by atoms with E-state index in [0.717, 1.165) is 12.3 Å². The Kier molecular flexibility index (Phi) is 32.0. The molecule has 0 fully saturated rings. The number of benzene rings is 4. The van der Waals surface area contributed by atoms with Gasteiger partial charge in [-0.1, -0.05) is 137 Å². The standard InChI is InChI=1S/2C15H16P.4ClH.2Ni/c2*1-2-13-16(14-9-5-3-6-10-14)15-11-7-4-8-12-15;;;;;;/h2*2-12H,13H2,1H3;4*1H;;/q2*-1;;;;;2*+3/p-4. The normalized spacial score (nSPS) is 8.95. The molecular formula is C30H32Cl4Ni2P2. The van der Waals surface area contributed by atoms with Gasteiger partial charge in [0.05, 0.1) is 0 Å². The van der Waals surface area contributed by atoms with E-state index >= 15 is 0 Å². The Bertz CT molecular complexity index is 851. The van der Waals surface area contributed by atoms with Crippen molar-refractivity contribution in [3.8, 4) is 0 Å². The van der Waals surface area contributed by atoms with Crippen molar-refractivity contribution < 1.29 is 82.6 Å². The van der Waals surface area contributed by atoms with Crippen molar-refractivity contribution in [2.75, 3.05) is 12.3 Å². The minimum atomic E-state index is -0.207. The Morgan fingerprint density at radius 3 is 0.737 bits per heavy atom. The minimum absolute atomic E-state index is 0. The van der Waals surface area contributed by atoms with Gasteiger partial charge in [-0.25, -0.2) is 0 Å². The predicted molar refractivity (Wildman–Crippen MR) is 148 cm³/mol. The van der Waals surface area contributed by atoms with E-state index in [1.54, 1.807) is 0 Å². The zero-order valence-corrected chi connectivity index (χ0v) is 27.9. The molecule has 0 amide bonds. The summed E-state index contributed by atoms with van der Waals surface area (Å²) in [6.07, 6.45) is 6.85. The maximum atomic E-state index is 2.27. The summed E-state index contributed by atoms with van der Waals surface area (Å²) in [6.45, 7) is 4.28. The van der Waals surface area contributed by atoms with Gasteiger partial charge in [-0.15, -0.1) is 12.3 Å². The van der Waals surface area contributed by atoms with Gasteiger partial charge in [0.25, 0.3) is 0 Å². The van der Waals surface area contributed by atoms with Crippen LogP contribution in [0.1, 0.15) is 13.8 Å². The summed E-state index contributed by atoms with van der Waals surface area (Å²) in [5.41, 5.74) is 0. The van der Waals surface area contributed by atoms with Crippen LogP contribution in [0.5, 0.6) is 0 Å². The quantitative estimate of drug-likeness (QED) is 0.0975. The second-order valence-corrected chi connectivity index (χ2v) is 11.9. The molecule has 0 aliphatic rings. The Morgan fingerprint density at radius 2 is 0.579 bits per heavy atom. The zero-order valence-electron chi connectivity index (χ0n) is 21.2. The van der Waals surface area contributed by atoms with Gasteiger partial charge in [-0.05, 0) is 21.2 Å². The smallest absolute Gasteiger partial charge is 1.00 e. The van der Waals surface area contributed by atoms with Crippen LogP contribution in [-0.4, -0.2) is 12.3 Å². The molecule has 0 bridgehead atoms. The number of halogens is 4. The van der Waals surface area contributed by atoms with Crippen molar-refractivity contribution in [1.29, 1.82) is 0 Å². The van der Waals surface area contributed by atoms with Crippen molar-refractivity contribution in [3.05, 3.63) is 134 Å². The third kappa shape index (κ3) is 15.0. The third-order valence-corrected chi connectivity index (χ3v) is 10.1. The third-order valence-electron chi connectivity index (χ3n) is 5.00. The van der Waals surface area contributed by atoms with Crippen LogP contribution >= 0.6 is 15.8 Å². The number of hydrogen-bond acceptors (Lipinski definition) is 0. The summed E-state index contributed by atoms with van der Waals surface area (Å²) in [4.78, 5) is 0. The first-order chi connectivity index (χ1) is 15.8. The SMILES string of the molecule is C[CH-]CP(c1ccccc1)c1ccccc1.C[CH-]CP(c1ccccc1)c1ccccc1.[Cl-].[Cl-].[Cl-].[Cl-].[Ni+3].[Ni+3]. The van der Waals surface area contributed by atoms with Gasteiger partial charge in [0.15, 0.2) is 0 Å². The van der Waals surface area contributed by atoms with Gasteiger partial charge in [-0.3, -0.25) is 0 Å². The van der Waals surface area contributed by atoms with Gasteiger partial charge in [0.1, 0.15) is 0 Å². The monoisotopic (exact) mass is 710 g/mol. The van der Waals surface area contributed by atoms with Crippen LogP contribution in [0.3, 0.4) is 0 Å². The molecule has 0 N–H and O–H groups in total. The maximum absolute atomic E-state index is 2.27. The van der Waals surface area contributed by atoms with E-state index in [2.05, 4.69) is 148 Å². The zero-order chi connectivity index (χ0) is 22.4. The van der Waals surface area contributed by atoms with Crippen LogP contribution in [0.15, 0.2) is 121 Å². The Balaban J connectivity index is -0.000000263. The van der Waals surface area contributed by atoms with E-state index in [-0.39, 0.29) is 98.5 Å². The predicted octanol–water partition coefficient (Wildman–Crippen LogP) is -5.30. The van der Waals surface area contributed by atoms with Gasteiger partial charge in [-0.2, -0.15) is 13.8 Å². The summed E-state index contributed by atoms with van der Waals surface area (Å²) in [5, 5.41) is 5.84. The first-order valence-electron chi connectivity index (χ1n) is 11.1. The molecule has 4 aromatic carbocycles. The summed E-state index contributed by atoms with van der Waals surface area (Å²) < 4.78 is 0. The molecule has 0 nitrogen and oxygen atoms in total. The average molecular weight is 714 g/mol. The van der Waals surface area contributed by atoms with Crippen LogP contribution in [0.25, 0.3) is 0 Å². The van der Waals surface area contributed by atoms with Crippen molar-refractivity contribution in [2.24, 2.45) is 0 Å². The van der Waals surface area contributed by atoms with Crippen LogP contribution in [0.2, 0.25) is 0 Å². The first-order valence-corrected chi connectivity index (χ1v) is 14.2. The molecule has 0 aliphatic carbocycles. The minimum Gasteiger partial charge on any atom is -1.00 e. The molecule has 0 unspecified atom stereocenters. The fraction of sp³-hybridized carbons (Fsp3) is 0.133. The Morgan fingerprint density at radius 1 is 0.395 bits per heavy atom. The number of rotatable bonds is 8. The Labute approximate surface area is 278 Å². The molecule has 38 heavy (non-hydrogen) atoms. The fourth-order valence-corrected chi connectivity index (χ4v) is 7.81. The molecule has 0 spiro atoms. The molecular weight excluding hydrogens is 681 g/mol. The van der Waals surface area contributed by atoms with Crippen LogP contribution < -0.4 is 70.8 Å². The van der Waals surface area contributed by atoms with Gasteiger partial charge in [0, 0.05) is 0 Å². The molecule has 0 atom stereocenters. The molecule has 0 aromatic heterocycles. The van der Waals surface area contributed by atoms with E-state index in [4.69, 9.17) is 0 Å². The van der Waals surface area contributed by atoms with Crippen LogP contribution in [-0.2, 0) is 33.0 Å². The summed E-state index contributed by atoms with van der Waals surface area (Å²) >= 11 is 0. The molecule has 4 aromatic rings. The van der Waals surface area contributed by atoms with Gasteiger partial charge >= 0.3 is 33.0 Å². The fourth-order valence-electron chi connectivity index (χ4n) is 3.52. The van der Waals surface area contributed by atoms with E-state index in [1.165, 1.54) is 21.2 Å². The molecule has 210 valence electrons. The number of hydrogen-bond donors (Lipinski definition) is 0. The first kappa shape index (κ1) is 44.9. The van der Waals surface area contributed by atoms with E-state index in [9.17, 15) is 0 Å².